The summed E-state index contributed by atoms with van der Waals surface area (Å²) in [5, 5.41) is 22.8. The highest BCUT2D eigenvalue weighted by molar-refractivity contribution is 5.97. The number of carbonyl (C=O) groups is 1. The Morgan fingerprint density at radius 2 is 2.04 bits per heavy atom. The van der Waals surface area contributed by atoms with Crippen LogP contribution in [0, 0.1) is 0 Å². The molecule has 0 saturated heterocycles. The van der Waals surface area contributed by atoms with Gasteiger partial charge in [-0.2, -0.15) is 5.21 Å². The minimum absolute atomic E-state index is 0.259. The molecule has 2 rings (SSSR count). The minimum atomic E-state index is -0.463. The molecule has 7 heteroatoms. The molecule has 2 aromatic rings. The number of hydrogen-bond acceptors (Lipinski definition) is 6. The average Bonchev–Trinajstić information content (AvgIpc) is 3.15. The zero-order valence-corrected chi connectivity index (χ0v) is 14.7. The number of rotatable bonds is 12. The van der Waals surface area contributed by atoms with Crippen LogP contribution in [0.25, 0.3) is 0 Å². The first-order valence-electron chi connectivity index (χ1n) is 8.86. The van der Waals surface area contributed by atoms with Crippen molar-refractivity contribution in [3.63, 3.8) is 0 Å². The minimum Gasteiger partial charge on any atom is -0.493 e. The molecule has 0 bridgehead atoms. The van der Waals surface area contributed by atoms with Gasteiger partial charge >= 0.3 is 0 Å². The van der Waals surface area contributed by atoms with E-state index in [2.05, 4.69) is 27.5 Å². The van der Waals surface area contributed by atoms with Gasteiger partial charge in [0.1, 0.15) is 12.4 Å². The molecule has 25 heavy (non-hydrogen) atoms. The monoisotopic (exact) mass is 346 g/mol. The number of carbonyl (C=O) groups excluding carboxylic acids is 1. The number of aliphatic hydroxyl groups excluding tert-OH is 1. The summed E-state index contributed by atoms with van der Waals surface area (Å²) < 4.78 is 5.90. The Labute approximate surface area is 147 Å². The number of nitrogens with zero attached hydrogens (tertiary/aromatic N) is 3. The third-order valence-electron chi connectivity index (χ3n) is 3.99. The van der Waals surface area contributed by atoms with Crippen LogP contribution in [0.5, 0.6) is 5.75 Å². The summed E-state index contributed by atoms with van der Waals surface area (Å²) in [5.41, 5.74) is 1.57. The van der Waals surface area contributed by atoms with E-state index in [-0.39, 0.29) is 5.78 Å². The summed E-state index contributed by atoms with van der Waals surface area (Å²) in [4.78, 5) is 11.6. The van der Waals surface area contributed by atoms with Gasteiger partial charge in [0, 0.05) is 12.0 Å². The Balaban J connectivity index is 1.72. The van der Waals surface area contributed by atoms with Crippen LogP contribution in [-0.4, -0.2) is 44.7 Å². The van der Waals surface area contributed by atoms with E-state index in [1.807, 2.05) is 12.1 Å². The van der Waals surface area contributed by atoms with Gasteiger partial charge in [-0.3, -0.25) is 4.79 Å². The van der Waals surface area contributed by atoms with Crippen LogP contribution in [-0.2, 0) is 12.8 Å². The van der Waals surface area contributed by atoms with E-state index in [4.69, 9.17) is 9.84 Å². The molecule has 1 aromatic carbocycles. The van der Waals surface area contributed by atoms with Crippen molar-refractivity contribution in [1.82, 2.24) is 20.6 Å². The molecule has 0 aliphatic carbocycles. The van der Waals surface area contributed by atoms with E-state index < -0.39 is 6.61 Å². The van der Waals surface area contributed by atoms with Crippen molar-refractivity contribution in [3.8, 4) is 5.75 Å². The molecule has 0 unspecified atom stereocenters. The van der Waals surface area contributed by atoms with Crippen molar-refractivity contribution in [2.75, 3.05) is 13.2 Å². The van der Waals surface area contributed by atoms with Gasteiger partial charge in [0.2, 0.25) is 0 Å². The number of benzene rings is 1. The first-order valence-corrected chi connectivity index (χ1v) is 8.86. The van der Waals surface area contributed by atoms with Crippen LogP contribution in [0.3, 0.4) is 0 Å². The number of hydrogen-bond donors (Lipinski definition) is 2. The van der Waals surface area contributed by atoms with Crippen LogP contribution in [0.4, 0.5) is 0 Å². The predicted molar refractivity (Wildman–Crippen MR) is 93.7 cm³/mol. The molecule has 0 amide bonds. The van der Waals surface area contributed by atoms with Crippen LogP contribution in [0.2, 0.25) is 0 Å². The summed E-state index contributed by atoms with van der Waals surface area (Å²) in [5.74, 6) is 1.34. The van der Waals surface area contributed by atoms with Crippen molar-refractivity contribution in [3.05, 3.63) is 35.2 Å². The van der Waals surface area contributed by atoms with Gasteiger partial charge in [0.15, 0.2) is 11.6 Å². The second-order valence-corrected chi connectivity index (χ2v) is 5.99. The van der Waals surface area contributed by atoms with Gasteiger partial charge < -0.3 is 9.84 Å². The number of ether oxygens (including phenoxy) is 1. The van der Waals surface area contributed by atoms with Crippen molar-refractivity contribution >= 4 is 5.78 Å². The molecule has 0 atom stereocenters. The highest BCUT2D eigenvalue weighted by Gasteiger charge is 2.09. The molecule has 0 radical (unpaired) electrons. The SMILES string of the molecule is CCCc1cc(C(=O)CO)ccc1OCCCCCCc1nn[nH]n1. The van der Waals surface area contributed by atoms with Crippen LogP contribution >= 0.6 is 0 Å². The smallest absolute Gasteiger partial charge is 0.188 e. The van der Waals surface area contributed by atoms with E-state index in [1.54, 1.807) is 6.07 Å². The first-order chi connectivity index (χ1) is 12.2. The number of aromatic nitrogens is 4. The third-order valence-corrected chi connectivity index (χ3v) is 3.99. The standard InChI is InChI=1S/C18H26N4O3/c1-2-7-15-12-14(16(24)13-23)9-10-17(15)25-11-6-4-3-5-8-18-19-21-22-20-18/h9-10,12,23H,2-8,11,13H2,1H3,(H,19,20,21,22). The number of tetrazole rings is 1. The van der Waals surface area contributed by atoms with Crippen molar-refractivity contribution < 1.29 is 14.6 Å². The molecule has 7 nitrogen and oxygen atoms in total. The van der Waals surface area contributed by atoms with E-state index in [0.717, 1.165) is 62.1 Å². The molecule has 0 fully saturated rings. The molecule has 0 spiro atoms. The normalized spacial score (nSPS) is 10.8. The second kappa shape index (κ2) is 10.6. The Hall–Kier alpha value is -2.28. The zero-order valence-electron chi connectivity index (χ0n) is 14.7. The average molecular weight is 346 g/mol. The lowest BCUT2D eigenvalue weighted by atomic mass is 10.0. The quantitative estimate of drug-likeness (QED) is 0.452. The van der Waals surface area contributed by atoms with Gasteiger partial charge in [-0.25, -0.2) is 0 Å². The lowest BCUT2D eigenvalue weighted by molar-refractivity contribution is 0.0903. The number of aromatic amines is 1. The van der Waals surface area contributed by atoms with Crippen molar-refractivity contribution in [2.24, 2.45) is 0 Å². The van der Waals surface area contributed by atoms with Crippen molar-refractivity contribution in [1.29, 1.82) is 0 Å². The van der Waals surface area contributed by atoms with Crippen LogP contribution in [0.1, 0.15) is 60.8 Å². The molecular formula is C18H26N4O3. The van der Waals surface area contributed by atoms with Crippen molar-refractivity contribution in [2.45, 2.75) is 51.9 Å². The fourth-order valence-corrected chi connectivity index (χ4v) is 2.66. The molecular weight excluding hydrogens is 320 g/mol. The Bertz CT molecular complexity index is 644. The summed E-state index contributed by atoms with van der Waals surface area (Å²) in [6.45, 7) is 2.29. The Morgan fingerprint density at radius 3 is 2.76 bits per heavy atom. The number of unbranched alkanes of at least 4 members (excludes halogenated alkanes) is 3. The van der Waals surface area contributed by atoms with E-state index >= 15 is 0 Å². The van der Waals surface area contributed by atoms with Gasteiger partial charge in [0.05, 0.1) is 6.61 Å². The number of aryl methyl sites for hydroxylation is 2. The predicted octanol–water partition coefficient (Wildman–Crippen LogP) is 2.51. The lowest BCUT2D eigenvalue weighted by Crippen LogP contribution is -2.06. The van der Waals surface area contributed by atoms with Gasteiger partial charge in [0.25, 0.3) is 0 Å². The maximum absolute atomic E-state index is 11.6. The van der Waals surface area contributed by atoms with E-state index in [0.29, 0.717) is 12.2 Å². The second-order valence-electron chi connectivity index (χ2n) is 5.99. The van der Waals surface area contributed by atoms with Crippen LogP contribution < -0.4 is 4.74 Å². The maximum Gasteiger partial charge on any atom is 0.188 e. The molecule has 2 N–H and O–H groups in total. The highest BCUT2D eigenvalue weighted by atomic mass is 16.5. The zero-order chi connectivity index (χ0) is 17.9. The van der Waals surface area contributed by atoms with Crippen LogP contribution in [0.15, 0.2) is 18.2 Å². The number of ketones is 1. The fourth-order valence-electron chi connectivity index (χ4n) is 2.66. The third kappa shape index (κ3) is 6.26. The number of aliphatic hydroxyl groups is 1. The molecule has 0 aliphatic rings. The lowest BCUT2D eigenvalue weighted by Gasteiger charge is -2.12. The molecule has 0 saturated carbocycles. The highest BCUT2D eigenvalue weighted by Crippen LogP contribution is 2.22. The molecule has 136 valence electrons. The van der Waals surface area contributed by atoms with Gasteiger partial charge in [-0.15, -0.1) is 10.2 Å². The fraction of sp³-hybridized carbons (Fsp3) is 0.556. The first kappa shape index (κ1) is 19.1. The number of Topliss-reactive ketones (excluding diaryl/α,β-unsaturated/α-hetero) is 1. The summed E-state index contributed by atoms with van der Waals surface area (Å²) in [6, 6.07) is 5.39. The van der Waals surface area contributed by atoms with E-state index in [9.17, 15) is 4.79 Å². The van der Waals surface area contributed by atoms with Gasteiger partial charge in [-0.1, -0.05) is 31.4 Å². The molecule has 1 aromatic heterocycles. The number of nitrogens with one attached hydrogen (secondary N) is 1. The largest absolute Gasteiger partial charge is 0.493 e. The van der Waals surface area contributed by atoms with Gasteiger partial charge in [-0.05, 0) is 43.0 Å². The maximum atomic E-state index is 11.6. The summed E-state index contributed by atoms with van der Waals surface area (Å²) in [6.07, 6.45) is 6.88. The number of H-pyrrole nitrogens is 1. The summed E-state index contributed by atoms with van der Waals surface area (Å²) >= 11 is 0. The topological polar surface area (TPSA) is 101 Å². The Kier molecular flexibility index (Phi) is 8.04. The molecule has 0 aliphatic heterocycles. The van der Waals surface area contributed by atoms with E-state index in [1.165, 1.54) is 0 Å². The summed E-state index contributed by atoms with van der Waals surface area (Å²) in [7, 11) is 0. The molecule has 1 heterocycles. The Morgan fingerprint density at radius 1 is 1.20 bits per heavy atom.